The molecule has 110 valence electrons. The summed E-state index contributed by atoms with van der Waals surface area (Å²) < 4.78 is 22.3. The Morgan fingerprint density at radius 3 is 1.61 bits per heavy atom. The average molecular weight is 278 g/mol. The zero-order valence-corrected chi connectivity index (χ0v) is 13.6. The van der Waals surface area contributed by atoms with Crippen LogP contribution in [0.2, 0.25) is 0 Å². The summed E-state index contributed by atoms with van der Waals surface area (Å²) in [6.07, 6.45) is 0. The summed E-state index contributed by atoms with van der Waals surface area (Å²) in [5.41, 5.74) is 5.62. The summed E-state index contributed by atoms with van der Waals surface area (Å²) in [5.74, 6) is 0.673. The molecule has 1 aliphatic rings. The Morgan fingerprint density at radius 1 is 1.00 bits per heavy atom. The van der Waals surface area contributed by atoms with E-state index in [4.69, 9.17) is 5.73 Å². The maximum Gasteiger partial charge on any atom is 0.152 e. The Hall–Kier alpha value is -0.130. The van der Waals surface area contributed by atoms with Crippen molar-refractivity contribution in [2.45, 2.75) is 47.1 Å². The molecular weight excluding hydrogens is 248 g/mol. The van der Waals surface area contributed by atoms with Gasteiger partial charge in [-0.15, -0.1) is 0 Å². The van der Waals surface area contributed by atoms with Crippen LogP contribution in [-0.2, 0) is 9.84 Å². The van der Waals surface area contributed by atoms with Crippen LogP contribution in [0.5, 0.6) is 0 Å². The molecule has 0 spiro atoms. The van der Waals surface area contributed by atoms with E-state index in [1.54, 1.807) is 0 Å². The highest BCUT2D eigenvalue weighted by molar-refractivity contribution is 7.91. The largest absolute Gasteiger partial charge is 0.326 e. The maximum absolute atomic E-state index is 11.1. The molecule has 0 aromatic heterocycles. The van der Waals surface area contributed by atoms with Crippen molar-refractivity contribution in [1.82, 2.24) is 4.90 Å². The molecule has 0 radical (unpaired) electrons. The Morgan fingerprint density at radius 2 is 1.33 bits per heavy atom. The highest BCUT2D eigenvalue weighted by atomic mass is 32.2. The van der Waals surface area contributed by atoms with Gasteiger partial charge in [0.15, 0.2) is 9.84 Å². The Balaban J connectivity index is 0.000000494. The second-order valence-electron chi connectivity index (χ2n) is 7.35. The molecule has 0 aromatic carbocycles. The summed E-state index contributed by atoms with van der Waals surface area (Å²) >= 11 is 0. The zero-order valence-electron chi connectivity index (χ0n) is 12.8. The number of hydrogen-bond donors (Lipinski definition) is 1. The third kappa shape index (κ3) is 12.3. The van der Waals surface area contributed by atoms with Gasteiger partial charge in [0.2, 0.25) is 0 Å². The number of rotatable bonds is 1. The van der Waals surface area contributed by atoms with Crippen LogP contribution in [0.3, 0.4) is 0 Å². The summed E-state index contributed by atoms with van der Waals surface area (Å²) in [6, 6.07) is 0. The predicted octanol–water partition coefficient (Wildman–Crippen LogP) is 1.51. The van der Waals surface area contributed by atoms with Crippen LogP contribution in [-0.4, -0.2) is 50.0 Å². The first-order chi connectivity index (χ1) is 7.79. The molecule has 1 heterocycles. The first kappa shape index (κ1) is 17.9. The van der Waals surface area contributed by atoms with Crippen LogP contribution >= 0.6 is 0 Å². The van der Waals surface area contributed by atoms with Gasteiger partial charge < -0.3 is 10.6 Å². The topological polar surface area (TPSA) is 63.4 Å². The summed E-state index contributed by atoms with van der Waals surface area (Å²) in [4.78, 5) is 2.24. The minimum atomic E-state index is -2.71. The molecule has 1 rings (SSSR count). The second kappa shape index (κ2) is 6.35. The van der Waals surface area contributed by atoms with E-state index in [9.17, 15) is 8.42 Å². The van der Waals surface area contributed by atoms with Crippen LogP contribution in [0, 0.1) is 5.41 Å². The summed E-state index contributed by atoms with van der Waals surface area (Å²) in [6.45, 7) is 14.8. The van der Waals surface area contributed by atoms with Gasteiger partial charge in [-0.25, -0.2) is 8.42 Å². The van der Waals surface area contributed by atoms with Gasteiger partial charge in [0.25, 0.3) is 0 Å². The Bertz CT molecular complexity index is 317. The molecule has 1 aliphatic heterocycles. The van der Waals surface area contributed by atoms with Gasteiger partial charge in [0, 0.05) is 25.2 Å². The Kier molecular flexibility index (Phi) is 6.30. The van der Waals surface area contributed by atoms with Crippen molar-refractivity contribution in [2.24, 2.45) is 11.1 Å². The lowest BCUT2D eigenvalue weighted by Crippen LogP contribution is -2.43. The van der Waals surface area contributed by atoms with Gasteiger partial charge >= 0.3 is 0 Å². The normalized spacial score (nSPS) is 21.1. The SMILES string of the molecule is CC(C)(C)CN1CCS(=O)(=O)CC1.CC(C)(C)N. The summed E-state index contributed by atoms with van der Waals surface area (Å²) in [7, 11) is -2.71. The fraction of sp³-hybridized carbons (Fsp3) is 1.00. The molecule has 1 saturated heterocycles. The van der Waals surface area contributed by atoms with Gasteiger partial charge in [0.05, 0.1) is 11.5 Å². The summed E-state index contributed by atoms with van der Waals surface area (Å²) in [5, 5.41) is 0. The van der Waals surface area contributed by atoms with Crippen molar-refractivity contribution in [3.8, 4) is 0 Å². The van der Waals surface area contributed by atoms with Crippen molar-refractivity contribution in [1.29, 1.82) is 0 Å². The first-order valence-corrected chi connectivity index (χ1v) is 8.32. The molecule has 0 atom stereocenters. The minimum absolute atomic E-state index is 0. The standard InChI is InChI=1S/C9H19NO2S.C4H11N/c1-9(2,3)8-10-4-6-13(11,12)7-5-10;1-4(2,3)5/h4-8H2,1-3H3;5H2,1-3H3. The van der Waals surface area contributed by atoms with Gasteiger partial charge in [-0.05, 0) is 26.2 Å². The van der Waals surface area contributed by atoms with Crippen LogP contribution in [0.25, 0.3) is 0 Å². The van der Waals surface area contributed by atoms with Crippen LogP contribution in [0.15, 0.2) is 0 Å². The van der Waals surface area contributed by atoms with E-state index in [0.29, 0.717) is 24.6 Å². The molecule has 2 N–H and O–H groups in total. The van der Waals surface area contributed by atoms with E-state index in [2.05, 4.69) is 25.7 Å². The van der Waals surface area contributed by atoms with Gasteiger partial charge in [0.1, 0.15) is 0 Å². The van der Waals surface area contributed by atoms with E-state index in [1.165, 1.54) is 0 Å². The van der Waals surface area contributed by atoms with Crippen molar-refractivity contribution in [3.63, 3.8) is 0 Å². The average Bonchev–Trinajstić information content (AvgIpc) is 2.03. The highest BCUT2D eigenvalue weighted by Gasteiger charge is 2.24. The zero-order chi connectivity index (χ0) is 14.6. The molecule has 0 unspecified atom stereocenters. The third-order valence-electron chi connectivity index (χ3n) is 2.13. The van der Waals surface area contributed by atoms with E-state index in [0.717, 1.165) is 6.54 Å². The lowest BCUT2D eigenvalue weighted by molar-refractivity contribution is 0.204. The van der Waals surface area contributed by atoms with Crippen molar-refractivity contribution < 1.29 is 8.42 Å². The molecular formula is C13H30N2O2S. The third-order valence-corrected chi connectivity index (χ3v) is 3.74. The van der Waals surface area contributed by atoms with Gasteiger partial charge in [-0.1, -0.05) is 20.8 Å². The lowest BCUT2D eigenvalue weighted by atomic mass is 9.96. The molecule has 5 heteroatoms. The molecule has 0 aliphatic carbocycles. The van der Waals surface area contributed by atoms with Crippen LogP contribution in [0.4, 0.5) is 0 Å². The van der Waals surface area contributed by atoms with E-state index in [-0.39, 0.29) is 11.0 Å². The van der Waals surface area contributed by atoms with Crippen LogP contribution < -0.4 is 5.73 Å². The number of hydrogen-bond acceptors (Lipinski definition) is 4. The quantitative estimate of drug-likeness (QED) is 0.789. The van der Waals surface area contributed by atoms with Gasteiger partial charge in [-0.2, -0.15) is 0 Å². The van der Waals surface area contributed by atoms with Crippen molar-refractivity contribution in [3.05, 3.63) is 0 Å². The minimum Gasteiger partial charge on any atom is -0.326 e. The molecule has 0 saturated carbocycles. The molecule has 1 fully saturated rings. The number of sulfone groups is 1. The molecule has 0 bridgehead atoms. The van der Waals surface area contributed by atoms with E-state index >= 15 is 0 Å². The van der Waals surface area contributed by atoms with Crippen LogP contribution in [0.1, 0.15) is 41.5 Å². The van der Waals surface area contributed by atoms with E-state index < -0.39 is 9.84 Å². The monoisotopic (exact) mass is 278 g/mol. The fourth-order valence-electron chi connectivity index (χ4n) is 1.58. The highest BCUT2D eigenvalue weighted by Crippen LogP contribution is 2.16. The fourth-order valence-corrected chi connectivity index (χ4v) is 2.86. The van der Waals surface area contributed by atoms with Crippen molar-refractivity contribution in [2.75, 3.05) is 31.1 Å². The number of nitrogens with zero attached hydrogens (tertiary/aromatic N) is 1. The molecule has 0 aromatic rings. The number of nitrogens with two attached hydrogens (primary N) is 1. The molecule has 0 amide bonds. The lowest BCUT2D eigenvalue weighted by Gasteiger charge is -2.32. The Labute approximate surface area is 113 Å². The smallest absolute Gasteiger partial charge is 0.152 e. The van der Waals surface area contributed by atoms with Crippen molar-refractivity contribution >= 4 is 9.84 Å². The second-order valence-corrected chi connectivity index (χ2v) is 9.66. The van der Waals surface area contributed by atoms with E-state index in [1.807, 2.05) is 20.8 Å². The van der Waals surface area contributed by atoms with Gasteiger partial charge in [-0.3, -0.25) is 0 Å². The molecule has 18 heavy (non-hydrogen) atoms. The predicted molar refractivity (Wildman–Crippen MR) is 78.5 cm³/mol. The maximum atomic E-state index is 11.1. The first-order valence-electron chi connectivity index (χ1n) is 6.50. The molecule has 4 nitrogen and oxygen atoms in total.